The van der Waals surface area contributed by atoms with E-state index in [2.05, 4.69) is 32.9 Å². The molecule has 3 aromatic rings. The molecule has 0 radical (unpaired) electrons. The average Bonchev–Trinajstić information content (AvgIpc) is 2.95. The quantitative estimate of drug-likeness (QED) is 0.669. The molecule has 5 heteroatoms. The Hall–Kier alpha value is -1.39. The van der Waals surface area contributed by atoms with E-state index in [0.29, 0.717) is 0 Å². The van der Waals surface area contributed by atoms with Gasteiger partial charge in [0.05, 0.1) is 33.7 Å². The van der Waals surface area contributed by atoms with Crippen LogP contribution in [0.25, 0.3) is 11.0 Å². The second kappa shape index (κ2) is 5.19. The smallest absolute Gasteiger partial charge is 0.128 e. The zero-order chi connectivity index (χ0) is 14.3. The van der Waals surface area contributed by atoms with Crippen LogP contribution in [-0.2, 0) is 6.54 Å². The first-order chi connectivity index (χ1) is 9.56. The standard InChI is InChI=1S/C15H16ClN3S/c1-9-5-4-6-13-14(9)19(15(18-13)10(2)16)7-12-8-20-11(3)17-12/h4-6,8,10H,7H2,1-3H3. The summed E-state index contributed by atoms with van der Waals surface area (Å²) in [4.78, 5) is 9.23. The molecule has 0 aliphatic heterocycles. The molecule has 1 unspecified atom stereocenters. The van der Waals surface area contributed by atoms with Gasteiger partial charge in [0.1, 0.15) is 5.82 Å². The fourth-order valence-corrected chi connectivity index (χ4v) is 3.26. The Morgan fingerprint density at radius 2 is 2.10 bits per heavy atom. The maximum Gasteiger partial charge on any atom is 0.128 e. The number of hydrogen-bond donors (Lipinski definition) is 0. The van der Waals surface area contributed by atoms with E-state index in [4.69, 9.17) is 11.6 Å². The van der Waals surface area contributed by atoms with Gasteiger partial charge in [0.2, 0.25) is 0 Å². The molecule has 20 heavy (non-hydrogen) atoms. The van der Waals surface area contributed by atoms with Crippen molar-refractivity contribution in [3.8, 4) is 0 Å². The van der Waals surface area contributed by atoms with Gasteiger partial charge in [-0.1, -0.05) is 12.1 Å². The highest BCUT2D eigenvalue weighted by atomic mass is 35.5. The van der Waals surface area contributed by atoms with E-state index in [1.54, 1.807) is 11.3 Å². The van der Waals surface area contributed by atoms with Crippen molar-refractivity contribution >= 4 is 34.0 Å². The highest BCUT2D eigenvalue weighted by molar-refractivity contribution is 7.09. The van der Waals surface area contributed by atoms with Gasteiger partial charge in [-0.3, -0.25) is 0 Å². The molecule has 104 valence electrons. The highest BCUT2D eigenvalue weighted by Gasteiger charge is 2.17. The van der Waals surface area contributed by atoms with E-state index in [0.717, 1.165) is 34.1 Å². The Bertz CT molecular complexity index is 758. The number of benzene rings is 1. The van der Waals surface area contributed by atoms with E-state index >= 15 is 0 Å². The Morgan fingerprint density at radius 3 is 2.75 bits per heavy atom. The Labute approximate surface area is 127 Å². The molecule has 0 aliphatic rings. The first-order valence-corrected chi connectivity index (χ1v) is 7.88. The molecule has 0 fully saturated rings. The maximum atomic E-state index is 6.30. The van der Waals surface area contributed by atoms with Crippen LogP contribution >= 0.6 is 22.9 Å². The minimum absolute atomic E-state index is 0.124. The lowest BCUT2D eigenvalue weighted by molar-refractivity contribution is 0.728. The molecule has 1 aromatic carbocycles. The Kier molecular flexibility index (Phi) is 3.52. The van der Waals surface area contributed by atoms with Crippen molar-refractivity contribution < 1.29 is 0 Å². The van der Waals surface area contributed by atoms with Crippen LogP contribution in [0.3, 0.4) is 0 Å². The lowest BCUT2D eigenvalue weighted by Crippen LogP contribution is -2.06. The van der Waals surface area contributed by atoms with Gasteiger partial charge in [-0.2, -0.15) is 0 Å². The van der Waals surface area contributed by atoms with Crippen molar-refractivity contribution in [2.75, 3.05) is 0 Å². The second-order valence-electron chi connectivity index (χ2n) is 4.97. The third-order valence-corrected chi connectivity index (χ3v) is 4.36. The van der Waals surface area contributed by atoms with E-state index in [1.807, 2.05) is 26.0 Å². The van der Waals surface area contributed by atoms with Gasteiger partial charge in [-0.15, -0.1) is 22.9 Å². The third-order valence-electron chi connectivity index (χ3n) is 3.34. The Balaban J connectivity index is 2.18. The molecule has 0 bridgehead atoms. The largest absolute Gasteiger partial charge is 0.320 e. The minimum atomic E-state index is -0.124. The molecule has 0 saturated heterocycles. The monoisotopic (exact) mass is 305 g/mol. The van der Waals surface area contributed by atoms with Gasteiger partial charge >= 0.3 is 0 Å². The molecule has 3 rings (SSSR count). The van der Waals surface area contributed by atoms with Crippen molar-refractivity contribution in [2.45, 2.75) is 32.7 Å². The fraction of sp³-hybridized carbons (Fsp3) is 0.333. The van der Waals surface area contributed by atoms with Crippen molar-refractivity contribution in [1.82, 2.24) is 14.5 Å². The summed E-state index contributed by atoms with van der Waals surface area (Å²) in [7, 11) is 0. The van der Waals surface area contributed by atoms with Gasteiger partial charge in [-0.25, -0.2) is 9.97 Å². The number of halogens is 1. The zero-order valence-electron chi connectivity index (χ0n) is 11.7. The minimum Gasteiger partial charge on any atom is -0.320 e. The maximum absolute atomic E-state index is 6.30. The van der Waals surface area contributed by atoms with Gasteiger partial charge < -0.3 is 4.57 Å². The van der Waals surface area contributed by atoms with Crippen molar-refractivity contribution in [2.24, 2.45) is 0 Å². The Morgan fingerprint density at radius 1 is 1.30 bits per heavy atom. The average molecular weight is 306 g/mol. The zero-order valence-corrected chi connectivity index (χ0v) is 13.3. The topological polar surface area (TPSA) is 30.7 Å². The number of aromatic nitrogens is 3. The predicted octanol–water partition coefficient (Wildman–Crippen LogP) is 4.46. The lowest BCUT2D eigenvalue weighted by atomic mass is 10.2. The van der Waals surface area contributed by atoms with Crippen LogP contribution < -0.4 is 0 Å². The van der Waals surface area contributed by atoms with E-state index in [1.165, 1.54) is 5.56 Å². The first-order valence-electron chi connectivity index (χ1n) is 6.57. The molecule has 2 heterocycles. The van der Waals surface area contributed by atoms with Gasteiger partial charge in [0.25, 0.3) is 0 Å². The van der Waals surface area contributed by atoms with E-state index in [-0.39, 0.29) is 5.38 Å². The molecule has 2 aromatic heterocycles. The third kappa shape index (κ3) is 2.34. The molecule has 0 amide bonds. The summed E-state index contributed by atoms with van der Waals surface area (Å²) in [6.07, 6.45) is 0. The number of aryl methyl sites for hydroxylation is 2. The summed E-state index contributed by atoms with van der Waals surface area (Å²) in [6, 6.07) is 6.17. The number of nitrogens with zero attached hydrogens (tertiary/aromatic N) is 3. The molecular weight excluding hydrogens is 290 g/mol. The van der Waals surface area contributed by atoms with E-state index in [9.17, 15) is 0 Å². The number of para-hydroxylation sites is 1. The number of rotatable bonds is 3. The second-order valence-corrected chi connectivity index (χ2v) is 6.69. The fourth-order valence-electron chi connectivity index (χ4n) is 2.49. The number of fused-ring (bicyclic) bond motifs is 1. The number of imidazole rings is 1. The van der Waals surface area contributed by atoms with Crippen LogP contribution in [-0.4, -0.2) is 14.5 Å². The number of hydrogen-bond acceptors (Lipinski definition) is 3. The summed E-state index contributed by atoms with van der Waals surface area (Å²) in [5.74, 6) is 0.904. The molecule has 1 atom stereocenters. The summed E-state index contributed by atoms with van der Waals surface area (Å²) >= 11 is 7.97. The molecular formula is C15H16ClN3S. The predicted molar refractivity (Wildman–Crippen MR) is 84.7 cm³/mol. The van der Waals surface area contributed by atoms with Gasteiger partial charge in [0, 0.05) is 5.38 Å². The molecule has 3 nitrogen and oxygen atoms in total. The van der Waals surface area contributed by atoms with Crippen LogP contribution in [0, 0.1) is 13.8 Å². The van der Waals surface area contributed by atoms with Crippen molar-refractivity contribution in [3.63, 3.8) is 0 Å². The van der Waals surface area contributed by atoms with Gasteiger partial charge in [0.15, 0.2) is 0 Å². The van der Waals surface area contributed by atoms with Crippen molar-refractivity contribution in [3.05, 3.63) is 45.7 Å². The van der Waals surface area contributed by atoms with Crippen LogP contribution in [0.2, 0.25) is 0 Å². The van der Waals surface area contributed by atoms with Crippen LogP contribution in [0.4, 0.5) is 0 Å². The highest BCUT2D eigenvalue weighted by Crippen LogP contribution is 2.27. The van der Waals surface area contributed by atoms with Crippen molar-refractivity contribution in [1.29, 1.82) is 0 Å². The van der Waals surface area contributed by atoms with E-state index < -0.39 is 0 Å². The summed E-state index contributed by atoms with van der Waals surface area (Å²) < 4.78 is 2.19. The SMILES string of the molecule is Cc1nc(Cn2c(C(C)Cl)nc3cccc(C)c32)cs1. The first kappa shape index (κ1) is 13.6. The van der Waals surface area contributed by atoms with Crippen LogP contribution in [0.1, 0.15) is 34.4 Å². The molecule has 0 N–H and O–H groups in total. The summed E-state index contributed by atoms with van der Waals surface area (Å²) in [5.41, 5.74) is 4.43. The molecule has 0 aliphatic carbocycles. The normalized spacial score (nSPS) is 13.0. The van der Waals surface area contributed by atoms with Crippen LogP contribution in [0.15, 0.2) is 23.6 Å². The summed E-state index contributed by atoms with van der Waals surface area (Å²) in [6.45, 7) is 6.81. The molecule has 0 spiro atoms. The van der Waals surface area contributed by atoms with Gasteiger partial charge in [-0.05, 0) is 32.4 Å². The lowest BCUT2D eigenvalue weighted by Gasteiger charge is -2.10. The van der Waals surface area contributed by atoms with Crippen LogP contribution in [0.5, 0.6) is 0 Å². The number of thiazole rings is 1. The molecule has 0 saturated carbocycles. The summed E-state index contributed by atoms with van der Waals surface area (Å²) in [5, 5.41) is 3.06. The number of alkyl halides is 1.